The Morgan fingerprint density at radius 1 is 1.16 bits per heavy atom. The molecule has 4 aromatic rings. The lowest BCUT2D eigenvalue weighted by atomic mass is 10.3. The van der Waals surface area contributed by atoms with E-state index < -0.39 is 0 Å². The van der Waals surface area contributed by atoms with E-state index in [-0.39, 0.29) is 28.9 Å². The second kappa shape index (κ2) is 9.17. The fraction of sp³-hybridized carbons (Fsp3) is 0.273. The van der Waals surface area contributed by atoms with Crippen molar-refractivity contribution >= 4 is 34.7 Å². The lowest BCUT2D eigenvalue weighted by Gasteiger charge is -2.12. The van der Waals surface area contributed by atoms with Crippen LogP contribution in [0.4, 0.5) is 5.69 Å². The summed E-state index contributed by atoms with van der Waals surface area (Å²) in [4.78, 5) is 26.7. The van der Waals surface area contributed by atoms with E-state index >= 15 is 0 Å². The molecule has 0 atom stereocenters. The Labute approximate surface area is 193 Å². The average Bonchev–Trinajstić information content (AvgIpc) is 3.49. The number of thiophene rings is 1. The molecule has 0 unspecified atom stereocenters. The zero-order valence-corrected chi connectivity index (χ0v) is 19.9. The summed E-state index contributed by atoms with van der Waals surface area (Å²) in [6, 6.07) is 13.5. The third-order valence-electron chi connectivity index (χ3n) is 5.07. The number of thioether (sulfide) groups is 1. The highest BCUT2D eigenvalue weighted by Gasteiger charge is 2.21. The summed E-state index contributed by atoms with van der Waals surface area (Å²) in [7, 11) is 1.80. The van der Waals surface area contributed by atoms with Crippen LogP contribution in [0, 0.1) is 6.92 Å². The molecule has 1 amide bonds. The summed E-state index contributed by atoms with van der Waals surface area (Å²) in [5.41, 5.74) is 1.44. The molecule has 8 nitrogen and oxygen atoms in total. The molecule has 1 aromatic carbocycles. The van der Waals surface area contributed by atoms with Crippen LogP contribution in [0.15, 0.2) is 57.8 Å². The van der Waals surface area contributed by atoms with Crippen molar-refractivity contribution in [2.75, 3.05) is 11.1 Å². The largest absolute Gasteiger partial charge is 0.319 e. The van der Waals surface area contributed by atoms with Crippen molar-refractivity contribution in [3.05, 3.63) is 63.9 Å². The Morgan fingerprint density at radius 2 is 1.91 bits per heavy atom. The topological polar surface area (TPSA) is 86.7 Å². The van der Waals surface area contributed by atoms with Gasteiger partial charge in [0.15, 0.2) is 11.0 Å². The van der Waals surface area contributed by atoms with E-state index in [1.807, 2.05) is 59.3 Å². The molecule has 1 N–H and O–H groups in total. The van der Waals surface area contributed by atoms with Crippen LogP contribution >= 0.6 is 23.1 Å². The Bertz CT molecular complexity index is 1290. The van der Waals surface area contributed by atoms with Gasteiger partial charge in [0, 0.05) is 13.1 Å². The highest BCUT2D eigenvalue weighted by atomic mass is 32.2. The van der Waals surface area contributed by atoms with Crippen molar-refractivity contribution < 1.29 is 4.79 Å². The van der Waals surface area contributed by atoms with E-state index in [1.54, 1.807) is 27.7 Å². The van der Waals surface area contributed by atoms with E-state index in [2.05, 4.69) is 29.4 Å². The lowest BCUT2D eigenvalue weighted by Crippen LogP contribution is -2.23. The first-order chi connectivity index (χ1) is 15.4. The van der Waals surface area contributed by atoms with E-state index in [1.165, 1.54) is 11.8 Å². The van der Waals surface area contributed by atoms with Gasteiger partial charge >= 0.3 is 0 Å². The molecule has 0 saturated heterocycles. The smallest absolute Gasteiger partial charge is 0.295 e. The van der Waals surface area contributed by atoms with Gasteiger partial charge in [-0.1, -0.05) is 36.0 Å². The monoisotopic (exact) mass is 468 g/mol. The summed E-state index contributed by atoms with van der Waals surface area (Å²) in [6.07, 6.45) is 0. The van der Waals surface area contributed by atoms with Crippen molar-refractivity contribution in [2.24, 2.45) is 7.05 Å². The van der Waals surface area contributed by atoms with E-state index in [0.717, 1.165) is 16.4 Å². The number of anilines is 1. The van der Waals surface area contributed by atoms with Gasteiger partial charge in [-0.05, 0) is 44.4 Å². The van der Waals surface area contributed by atoms with E-state index in [4.69, 9.17) is 0 Å². The molecular formula is C22H24N6O2S2. The van der Waals surface area contributed by atoms with Crippen LogP contribution < -0.4 is 10.9 Å². The molecular weight excluding hydrogens is 444 g/mol. The normalized spacial score (nSPS) is 11.3. The average molecular weight is 469 g/mol. The van der Waals surface area contributed by atoms with Gasteiger partial charge in [0.1, 0.15) is 5.69 Å². The van der Waals surface area contributed by atoms with Gasteiger partial charge in [-0.15, -0.1) is 21.5 Å². The van der Waals surface area contributed by atoms with Crippen LogP contribution in [0.2, 0.25) is 0 Å². The maximum atomic E-state index is 13.0. The molecule has 0 aliphatic heterocycles. The highest BCUT2D eigenvalue weighted by Crippen LogP contribution is 2.30. The molecule has 0 saturated carbocycles. The Morgan fingerprint density at radius 3 is 2.56 bits per heavy atom. The molecule has 166 valence electrons. The third kappa shape index (κ3) is 4.15. The van der Waals surface area contributed by atoms with Crippen LogP contribution in [0.3, 0.4) is 0 Å². The van der Waals surface area contributed by atoms with Crippen molar-refractivity contribution in [1.82, 2.24) is 24.1 Å². The number of benzene rings is 1. The highest BCUT2D eigenvalue weighted by molar-refractivity contribution is 7.99. The van der Waals surface area contributed by atoms with Gasteiger partial charge in [0.05, 0.1) is 22.0 Å². The van der Waals surface area contributed by atoms with Crippen LogP contribution in [-0.4, -0.2) is 35.8 Å². The minimum Gasteiger partial charge on any atom is -0.319 e. The molecule has 0 bridgehead atoms. The molecule has 0 spiro atoms. The van der Waals surface area contributed by atoms with Crippen molar-refractivity contribution in [3.63, 3.8) is 0 Å². The number of nitrogens with zero attached hydrogens (tertiary/aromatic N) is 5. The molecule has 0 aliphatic rings. The van der Waals surface area contributed by atoms with E-state index in [0.29, 0.717) is 10.9 Å². The van der Waals surface area contributed by atoms with Gasteiger partial charge in [-0.25, -0.2) is 4.68 Å². The van der Waals surface area contributed by atoms with Crippen LogP contribution in [0.5, 0.6) is 0 Å². The quantitative estimate of drug-likeness (QED) is 0.413. The van der Waals surface area contributed by atoms with Gasteiger partial charge in [0.2, 0.25) is 5.91 Å². The Balaban J connectivity index is 1.52. The molecule has 3 aromatic heterocycles. The van der Waals surface area contributed by atoms with Gasteiger partial charge in [-0.2, -0.15) is 0 Å². The number of aromatic nitrogens is 5. The first-order valence-corrected chi connectivity index (χ1v) is 12.0. The number of rotatable bonds is 7. The summed E-state index contributed by atoms with van der Waals surface area (Å²) >= 11 is 2.91. The first kappa shape index (κ1) is 22.1. The minimum absolute atomic E-state index is 0.119. The number of carbonyl (C=O) groups is 1. The molecule has 10 heteroatoms. The van der Waals surface area contributed by atoms with Crippen molar-refractivity contribution in [3.8, 4) is 16.4 Å². The number of nitrogens with one attached hydrogen (secondary N) is 1. The number of amides is 1. The van der Waals surface area contributed by atoms with Crippen LogP contribution in [0.25, 0.3) is 16.4 Å². The standard InChI is InChI=1S/C22H24N6O2S2/c1-14(2)27-20(17-11-8-12-31-17)24-25-22(27)32-13-18(29)23-19-15(3)26(4)28(21(19)30)16-9-6-5-7-10-16/h5-12,14H,13H2,1-4H3,(H,23,29). The minimum atomic E-state index is -0.267. The number of para-hydroxylation sites is 1. The predicted molar refractivity (Wildman–Crippen MR) is 129 cm³/mol. The number of carbonyl (C=O) groups excluding carboxylic acids is 1. The van der Waals surface area contributed by atoms with Gasteiger partial charge in [0.25, 0.3) is 5.56 Å². The predicted octanol–water partition coefficient (Wildman–Crippen LogP) is 4.12. The van der Waals surface area contributed by atoms with Crippen molar-refractivity contribution in [1.29, 1.82) is 0 Å². The summed E-state index contributed by atoms with van der Waals surface area (Å²) in [5.74, 6) is 0.647. The maximum absolute atomic E-state index is 13.0. The number of hydrogen-bond donors (Lipinski definition) is 1. The Hall–Kier alpha value is -3.11. The maximum Gasteiger partial charge on any atom is 0.295 e. The summed E-state index contributed by atoms with van der Waals surface area (Å²) in [6.45, 7) is 5.93. The second-order valence-corrected chi connectivity index (χ2v) is 9.41. The number of hydrogen-bond acceptors (Lipinski definition) is 6. The fourth-order valence-corrected chi connectivity index (χ4v) is 5.01. The molecule has 4 rings (SSSR count). The zero-order valence-electron chi connectivity index (χ0n) is 18.3. The van der Waals surface area contributed by atoms with Crippen LogP contribution in [0.1, 0.15) is 25.6 Å². The molecule has 3 heterocycles. The van der Waals surface area contributed by atoms with Gasteiger partial charge < -0.3 is 5.32 Å². The van der Waals surface area contributed by atoms with Crippen molar-refractivity contribution in [2.45, 2.75) is 32.0 Å². The molecule has 0 radical (unpaired) electrons. The molecule has 0 fully saturated rings. The molecule has 32 heavy (non-hydrogen) atoms. The SMILES string of the molecule is Cc1c(NC(=O)CSc2nnc(-c3cccs3)n2C(C)C)c(=O)n(-c2ccccc2)n1C. The van der Waals surface area contributed by atoms with Crippen LogP contribution in [-0.2, 0) is 11.8 Å². The first-order valence-electron chi connectivity index (χ1n) is 10.1. The lowest BCUT2D eigenvalue weighted by molar-refractivity contribution is -0.113. The second-order valence-electron chi connectivity index (χ2n) is 7.52. The Kier molecular flexibility index (Phi) is 6.33. The third-order valence-corrected chi connectivity index (χ3v) is 6.88. The van der Waals surface area contributed by atoms with E-state index in [9.17, 15) is 9.59 Å². The molecule has 0 aliphatic carbocycles. The zero-order chi connectivity index (χ0) is 22.8. The fourth-order valence-electron chi connectivity index (χ4n) is 3.43. The summed E-state index contributed by atoms with van der Waals surface area (Å²) in [5, 5.41) is 14.1. The van der Waals surface area contributed by atoms with Gasteiger partial charge in [-0.3, -0.25) is 18.8 Å². The summed E-state index contributed by atoms with van der Waals surface area (Å²) < 4.78 is 5.31.